The molecule has 1 heterocycles. The highest BCUT2D eigenvalue weighted by molar-refractivity contribution is 5.94. The summed E-state index contributed by atoms with van der Waals surface area (Å²) in [6, 6.07) is 1.60. The van der Waals surface area contributed by atoms with Gasteiger partial charge in [0.25, 0.3) is 5.70 Å². The molecule has 0 aromatic rings. The highest BCUT2D eigenvalue weighted by Crippen LogP contribution is 2.17. The van der Waals surface area contributed by atoms with E-state index in [9.17, 15) is 14.9 Å². The zero-order valence-electron chi connectivity index (χ0n) is 8.97. The molecule has 0 saturated heterocycles. The number of hydrogen-bond donors (Lipinski definition) is 1. The molecule has 88 valence electrons. The number of nitrogens with one attached hydrogen (secondary N) is 1. The predicted octanol–water partition coefficient (Wildman–Crippen LogP) is 0.605. The number of nitrogens with zero attached hydrogens (tertiary/aromatic N) is 2. The first-order valence-corrected chi connectivity index (χ1v) is 4.71. The van der Waals surface area contributed by atoms with Crippen LogP contribution in [0.4, 0.5) is 0 Å². The van der Waals surface area contributed by atoms with E-state index in [2.05, 4.69) is 10.1 Å². The van der Waals surface area contributed by atoms with E-state index in [4.69, 9.17) is 5.26 Å². The van der Waals surface area contributed by atoms with E-state index in [-0.39, 0.29) is 18.0 Å². The fourth-order valence-corrected chi connectivity index (χ4v) is 1.19. The Kier molecular flexibility index (Phi) is 4.00. The fourth-order valence-electron chi connectivity index (χ4n) is 1.19. The smallest absolute Gasteiger partial charge is 0.351 e. The number of carbonyl (C=O) groups is 1. The number of esters is 1. The normalized spacial score (nSPS) is 16.4. The predicted molar refractivity (Wildman–Crippen MR) is 56.6 cm³/mol. The van der Waals surface area contributed by atoms with Gasteiger partial charge in [0.1, 0.15) is 11.8 Å². The number of carbonyl (C=O) groups excluding carboxylic acids is 1. The van der Waals surface area contributed by atoms with E-state index in [1.54, 1.807) is 13.0 Å². The van der Waals surface area contributed by atoms with Gasteiger partial charge in [-0.1, -0.05) is 0 Å². The molecule has 0 atom stereocenters. The third-order valence-corrected chi connectivity index (χ3v) is 1.87. The lowest BCUT2D eigenvalue weighted by Gasteiger charge is -2.10. The Morgan fingerprint density at radius 1 is 1.71 bits per heavy atom. The average Bonchev–Trinajstić information content (AvgIpc) is 2.31. The largest absolute Gasteiger partial charge is 0.462 e. The average molecular weight is 235 g/mol. The lowest BCUT2D eigenvalue weighted by molar-refractivity contribution is -0.421. The van der Waals surface area contributed by atoms with Gasteiger partial charge in [-0.05, 0) is 13.0 Å². The quantitative estimate of drug-likeness (QED) is 0.252. The van der Waals surface area contributed by atoms with E-state index in [0.717, 1.165) is 0 Å². The number of nitro groups is 1. The van der Waals surface area contributed by atoms with Crippen LogP contribution in [0, 0.1) is 21.4 Å². The molecule has 7 nitrogen and oxygen atoms in total. The first-order valence-electron chi connectivity index (χ1n) is 4.71. The summed E-state index contributed by atoms with van der Waals surface area (Å²) in [5, 5.41) is 22.1. The standard InChI is InChI=1S/C10H9N3O4/c1-2-17-10(14)7(6-11)9-8(13(15)16)4-3-5-12-9/h3-5,12H,2H2,1H3/b9-7-. The molecule has 0 radical (unpaired) electrons. The van der Waals surface area contributed by atoms with Gasteiger partial charge < -0.3 is 10.1 Å². The van der Waals surface area contributed by atoms with E-state index in [1.807, 2.05) is 0 Å². The van der Waals surface area contributed by atoms with Gasteiger partial charge in [-0.15, -0.1) is 0 Å². The van der Waals surface area contributed by atoms with Crippen LogP contribution in [-0.4, -0.2) is 17.5 Å². The van der Waals surface area contributed by atoms with Crippen molar-refractivity contribution in [3.05, 3.63) is 45.4 Å². The Balaban J connectivity index is 3.22. The summed E-state index contributed by atoms with van der Waals surface area (Å²) in [7, 11) is 0. The Hall–Kier alpha value is -2.62. The number of rotatable bonds is 3. The number of dihydropyridines is 1. The number of nitriles is 1. The van der Waals surface area contributed by atoms with Crippen molar-refractivity contribution in [1.29, 1.82) is 5.26 Å². The second kappa shape index (κ2) is 5.46. The molecule has 1 rings (SSSR count). The molecule has 1 aliphatic rings. The zero-order chi connectivity index (χ0) is 12.8. The molecule has 0 aromatic heterocycles. The molecule has 0 fully saturated rings. The SMILES string of the molecule is CCOC(=O)/C(C#N)=C1\NC=CC=C1[N+](=O)[O-]. The minimum atomic E-state index is -0.888. The molecule has 0 unspecified atom stereocenters. The van der Waals surface area contributed by atoms with Gasteiger partial charge in [0.15, 0.2) is 5.57 Å². The summed E-state index contributed by atoms with van der Waals surface area (Å²) in [5.41, 5.74) is -0.922. The summed E-state index contributed by atoms with van der Waals surface area (Å²) in [6.45, 7) is 1.67. The van der Waals surface area contributed by atoms with E-state index >= 15 is 0 Å². The molecule has 0 saturated carbocycles. The third kappa shape index (κ3) is 2.69. The second-order valence-electron chi connectivity index (χ2n) is 2.89. The Bertz CT molecular complexity index is 482. The number of hydrogen-bond acceptors (Lipinski definition) is 6. The van der Waals surface area contributed by atoms with Crippen LogP contribution in [0.1, 0.15) is 6.92 Å². The van der Waals surface area contributed by atoms with Crippen molar-refractivity contribution in [2.45, 2.75) is 6.92 Å². The molecule has 0 aliphatic carbocycles. The van der Waals surface area contributed by atoms with Crippen LogP contribution in [0.3, 0.4) is 0 Å². The molecular formula is C10H9N3O4. The Morgan fingerprint density at radius 2 is 2.41 bits per heavy atom. The summed E-state index contributed by atoms with van der Waals surface area (Å²) in [6.07, 6.45) is 3.99. The third-order valence-electron chi connectivity index (χ3n) is 1.87. The maximum Gasteiger partial charge on any atom is 0.351 e. The molecule has 1 N–H and O–H groups in total. The van der Waals surface area contributed by atoms with Crippen molar-refractivity contribution in [2.75, 3.05) is 6.61 Å². The Morgan fingerprint density at radius 3 is 2.94 bits per heavy atom. The van der Waals surface area contributed by atoms with E-state index < -0.39 is 16.5 Å². The van der Waals surface area contributed by atoms with Gasteiger partial charge in [-0.2, -0.15) is 5.26 Å². The van der Waals surface area contributed by atoms with Crippen LogP contribution in [0.2, 0.25) is 0 Å². The zero-order valence-corrected chi connectivity index (χ0v) is 8.97. The topological polar surface area (TPSA) is 105 Å². The molecule has 0 aromatic carbocycles. The first kappa shape index (κ1) is 12.4. The Labute approximate surface area is 96.8 Å². The molecular weight excluding hydrogens is 226 g/mol. The number of allylic oxidation sites excluding steroid dienone is 2. The minimum Gasteiger partial charge on any atom is -0.462 e. The molecule has 0 amide bonds. The van der Waals surface area contributed by atoms with E-state index in [1.165, 1.54) is 18.4 Å². The van der Waals surface area contributed by atoms with Crippen LogP contribution in [-0.2, 0) is 9.53 Å². The van der Waals surface area contributed by atoms with Crippen LogP contribution in [0.25, 0.3) is 0 Å². The van der Waals surface area contributed by atoms with Gasteiger partial charge in [-0.25, -0.2) is 4.79 Å². The first-order chi connectivity index (χ1) is 8.11. The van der Waals surface area contributed by atoms with Gasteiger partial charge in [0, 0.05) is 12.3 Å². The number of ether oxygens (including phenoxy) is 1. The highest BCUT2D eigenvalue weighted by atomic mass is 16.6. The van der Waals surface area contributed by atoms with Crippen molar-refractivity contribution >= 4 is 5.97 Å². The lowest BCUT2D eigenvalue weighted by atomic mass is 10.1. The van der Waals surface area contributed by atoms with Gasteiger partial charge >= 0.3 is 5.97 Å². The molecule has 0 bridgehead atoms. The van der Waals surface area contributed by atoms with E-state index in [0.29, 0.717) is 0 Å². The minimum absolute atomic E-state index is 0.0879. The van der Waals surface area contributed by atoms with Crippen molar-refractivity contribution in [1.82, 2.24) is 5.32 Å². The van der Waals surface area contributed by atoms with Crippen molar-refractivity contribution in [3.63, 3.8) is 0 Å². The van der Waals surface area contributed by atoms with Crippen LogP contribution in [0.15, 0.2) is 35.3 Å². The van der Waals surface area contributed by atoms with Crippen LogP contribution >= 0.6 is 0 Å². The van der Waals surface area contributed by atoms with Gasteiger partial charge in [-0.3, -0.25) is 10.1 Å². The van der Waals surface area contributed by atoms with Crippen molar-refractivity contribution in [3.8, 4) is 6.07 Å². The summed E-state index contributed by atoms with van der Waals surface area (Å²) in [5.74, 6) is -0.888. The summed E-state index contributed by atoms with van der Waals surface area (Å²) in [4.78, 5) is 21.5. The maximum absolute atomic E-state index is 11.4. The molecule has 1 aliphatic heterocycles. The molecule has 0 spiro atoms. The van der Waals surface area contributed by atoms with Crippen molar-refractivity contribution < 1.29 is 14.5 Å². The maximum atomic E-state index is 11.4. The van der Waals surface area contributed by atoms with Gasteiger partial charge in [0.05, 0.1) is 11.5 Å². The van der Waals surface area contributed by atoms with Crippen LogP contribution in [0.5, 0.6) is 0 Å². The molecule has 17 heavy (non-hydrogen) atoms. The van der Waals surface area contributed by atoms with Crippen LogP contribution < -0.4 is 5.32 Å². The summed E-state index contributed by atoms with van der Waals surface area (Å²) < 4.78 is 4.64. The second-order valence-corrected chi connectivity index (χ2v) is 2.89. The fraction of sp³-hybridized carbons (Fsp3) is 0.200. The monoisotopic (exact) mass is 235 g/mol. The lowest BCUT2D eigenvalue weighted by Crippen LogP contribution is -2.21. The summed E-state index contributed by atoms with van der Waals surface area (Å²) >= 11 is 0. The van der Waals surface area contributed by atoms with Crippen molar-refractivity contribution in [2.24, 2.45) is 0 Å². The van der Waals surface area contributed by atoms with Gasteiger partial charge in [0.2, 0.25) is 0 Å². The highest BCUT2D eigenvalue weighted by Gasteiger charge is 2.27. The molecule has 7 heteroatoms.